The van der Waals surface area contributed by atoms with Gasteiger partial charge in [-0.1, -0.05) is 29.3 Å². The second-order valence-electron chi connectivity index (χ2n) is 6.34. The van der Waals surface area contributed by atoms with Crippen molar-refractivity contribution in [1.29, 1.82) is 0 Å². The molecule has 0 amide bonds. The Bertz CT molecular complexity index is 1070. The van der Waals surface area contributed by atoms with E-state index in [9.17, 15) is 9.59 Å². The summed E-state index contributed by atoms with van der Waals surface area (Å²) >= 11 is 13.7. The van der Waals surface area contributed by atoms with Gasteiger partial charge in [-0.05, 0) is 42.3 Å². The molecule has 0 saturated heterocycles. The Morgan fingerprint density at radius 3 is 2.52 bits per heavy atom. The number of pyridine rings is 1. The largest absolute Gasteiger partial charge is 0.493 e. The lowest BCUT2D eigenvalue weighted by Gasteiger charge is -2.21. The van der Waals surface area contributed by atoms with Crippen LogP contribution in [0.4, 0.5) is 0 Å². The number of carbonyl (C=O) groups excluding carboxylic acids is 2. The molecular weight excluding hydrogens is 461 g/mol. The van der Waals surface area contributed by atoms with Gasteiger partial charge in [-0.25, -0.2) is 4.79 Å². The zero-order chi connectivity index (χ0) is 22.4. The first-order chi connectivity index (χ1) is 15.0. The van der Waals surface area contributed by atoms with Crippen LogP contribution in [0.5, 0.6) is 11.5 Å². The third-order valence-corrected chi connectivity index (χ3v) is 6.04. The van der Waals surface area contributed by atoms with E-state index in [1.54, 1.807) is 37.4 Å². The van der Waals surface area contributed by atoms with Gasteiger partial charge in [-0.15, -0.1) is 11.3 Å². The van der Waals surface area contributed by atoms with Gasteiger partial charge in [0.05, 0.1) is 28.6 Å². The van der Waals surface area contributed by atoms with Gasteiger partial charge in [0.1, 0.15) is 11.0 Å². The van der Waals surface area contributed by atoms with Gasteiger partial charge in [0.25, 0.3) is 0 Å². The van der Waals surface area contributed by atoms with Gasteiger partial charge in [-0.3, -0.25) is 9.78 Å². The molecule has 0 N–H and O–H groups in total. The number of hydrogen-bond acceptors (Lipinski definition) is 7. The van der Waals surface area contributed by atoms with Crippen LogP contribution in [-0.2, 0) is 11.2 Å². The van der Waals surface area contributed by atoms with Crippen molar-refractivity contribution in [3.05, 3.63) is 73.7 Å². The molecule has 0 radical (unpaired) electrons. The van der Waals surface area contributed by atoms with Crippen molar-refractivity contribution in [1.82, 2.24) is 4.98 Å². The van der Waals surface area contributed by atoms with Crippen molar-refractivity contribution in [3.8, 4) is 11.5 Å². The summed E-state index contributed by atoms with van der Waals surface area (Å²) in [5.41, 5.74) is 1.28. The average Bonchev–Trinajstić information content (AvgIpc) is 3.25. The Morgan fingerprint density at radius 1 is 1.16 bits per heavy atom. The maximum atomic E-state index is 12.8. The van der Waals surface area contributed by atoms with Crippen molar-refractivity contribution >= 4 is 46.8 Å². The smallest absolute Gasteiger partial charge is 0.348 e. The minimum absolute atomic E-state index is 0.218. The first-order valence-electron chi connectivity index (χ1n) is 9.31. The Hall–Kier alpha value is -2.61. The second-order valence-corrected chi connectivity index (χ2v) is 8.27. The maximum absolute atomic E-state index is 12.8. The van der Waals surface area contributed by atoms with Crippen LogP contribution in [0.3, 0.4) is 0 Å². The number of aldehydes is 1. The lowest BCUT2D eigenvalue weighted by molar-refractivity contribution is 0.0302. The summed E-state index contributed by atoms with van der Waals surface area (Å²) in [6, 6.07) is 8.41. The lowest BCUT2D eigenvalue weighted by Crippen LogP contribution is -2.14. The molecule has 3 rings (SSSR count). The van der Waals surface area contributed by atoms with Crippen LogP contribution in [0.15, 0.2) is 42.7 Å². The number of aromatic nitrogens is 1. The van der Waals surface area contributed by atoms with Crippen LogP contribution in [-0.4, -0.2) is 31.0 Å². The van der Waals surface area contributed by atoms with Gasteiger partial charge >= 0.3 is 5.97 Å². The molecule has 3 aromatic rings. The molecule has 0 fully saturated rings. The third kappa shape index (κ3) is 5.55. The molecule has 0 saturated carbocycles. The van der Waals surface area contributed by atoms with E-state index in [1.165, 1.54) is 12.4 Å². The molecule has 0 aliphatic rings. The molecule has 9 heteroatoms. The maximum Gasteiger partial charge on any atom is 0.348 e. The van der Waals surface area contributed by atoms with E-state index in [0.717, 1.165) is 11.3 Å². The summed E-state index contributed by atoms with van der Waals surface area (Å²) in [5, 5.41) is 0.734. The van der Waals surface area contributed by atoms with Crippen molar-refractivity contribution in [3.63, 3.8) is 0 Å². The molecule has 1 unspecified atom stereocenters. The summed E-state index contributed by atoms with van der Waals surface area (Å²) in [5.74, 6) is 0.526. The number of esters is 1. The highest BCUT2D eigenvalue weighted by Gasteiger charge is 2.24. The molecule has 31 heavy (non-hydrogen) atoms. The molecule has 6 nitrogen and oxygen atoms in total. The predicted molar refractivity (Wildman–Crippen MR) is 120 cm³/mol. The number of rotatable bonds is 9. The monoisotopic (exact) mass is 479 g/mol. The van der Waals surface area contributed by atoms with Crippen LogP contribution >= 0.6 is 34.5 Å². The van der Waals surface area contributed by atoms with E-state index in [1.807, 2.05) is 6.92 Å². The Labute approximate surface area is 193 Å². The number of benzene rings is 1. The molecule has 2 heterocycles. The molecule has 2 aromatic heterocycles. The van der Waals surface area contributed by atoms with Crippen molar-refractivity contribution < 1.29 is 23.8 Å². The van der Waals surface area contributed by atoms with Crippen LogP contribution in [0.25, 0.3) is 0 Å². The topological polar surface area (TPSA) is 74.7 Å². The van der Waals surface area contributed by atoms with E-state index in [2.05, 4.69) is 4.98 Å². The fraction of sp³-hybridized carbons (Fsp3) is 0.227. The van der Waals surface area contributed by atoms with E-state index in [-0.39, 0.29) is 6.42 Å². The van der Waals surface area contributed by atoms with Gasteiger partial charge in [0, 0.05) is 18.8 Å². The van der Waals surface area contributed by atoms with Crippen LogP contribution < -0.4 is 9.47 Å². The summed E-state index contributed by atoms with van der Waals surface area (Å²) < 4.78 is 16.8. The minimum Gasteiger partial charge on any atom is -0.493 e. The first kappa shape index (κ1) is 23.1. The van der Waals surface area contributed by atoms with E-state index >= 15 is 0 Å². The fourth-order valence-electron chi connectivity index (χ4n) is 2.92. The quantitative estimate of drug-likeness (QED) is 0.284. The average molecular weight is 480 g/mol. The van der Waals surface area contributed by atoms with Crippen LogP contribution in [0.2, 0.25) is 10.0 Å². The predicted octanol–water partition coefficient (Wildman–Crippen LogP) is 5.81. The van der Waals surface area contributed by atoms with E-state index in [0.29, 0.717) is 55.3 Å². The third-order valence-electron chi connectivity index (χ3n) is 4.39. The summed E-state index contributed by atoms with van der Waals surface area (Å²) in [4.78, 5) is 28.5. The molecule has 0 aliphatic carbocycles. The number of carbonyl (C=O) groups is 2. The number of nitrogens with zero attached hydrogens (tertiary/aromatic N) is 1. The second kappa shape index (κ2) is 10.6. The molecule has 162 valence electrons. The first-order valence-corrected chi connectivity index (χ1v) is 10.9. The van der Waals surface area contributed by atoms with Crippen molar-refractivity contribution in [2.75, 3.05) is 13.7 Å². The summed E-state index contributed by atoms with van der Waals surface area (Å²) in [6.45, 7) is 2.30. The van der Waals surface area contributed by atoms with E-state index in [4.69, 9.17) is 37.4 Å². The number of halogens is 2. The van der Waals surface area contributed by atoms with Gasteiger partial charge in [-0.2, -0.15) is 0 Å². The number of thiophene rings is 1. The SMILES string of the molecule is CCOc1cc(C(Cc2c(Cl)cncc2Cl)OC(=O)c2ccc(C=O)s2)ccc1OC. The van der Waals surface area contributed by atoms with Gasteiger partial charge < -0.3 is 14.2 Å². The minimum atomic E-state index is -0.725. The number of methoxy groups -OCH3 is 1. The zero-order valence-electron chi connectivity index (χ0n) is 16.8. The molecule has 1 atom stereocenters. The molecule has 0 aliphatic heterocycles. The zero-order valence-corrected chi connectivity index (χ0v) is 19.1. The standard InChI is InChI=1S/C22H19Cl2NO5S/c1-3-29-20-8-13(4-6-18(20)28-2)19(9-15-16(23)10-25-11-17(15)24)30-22(27)21-7-5-14(12-26)31-21/h4-8,10-12,19H,3,9H2,1-2H3. The molecule has 0 bridgehead atoms. The highest BCUT2D eigenvalue weighted by molar-refractivity contribution is 7.15. The normalized spacial score (nSPS) is 11.6. The lowest BCUT2D eigenvalue weighted by atomic mass is 10.0. The van der Waals surface area contributed by atoms with E-state index < -0.39 is 12.1 Å². The number of hydrogen-bond donors (Lipinski definition) is 0. The fourth-order valence-corrected chi connectivity index (χ4v) is 4.15. The van der Waals surface area contributed by atoms with Gasteiger partial charge in [0.15, 0.2) is 17.8 Å². The van der Waals surface area contributed by atoms with Gasteiger partial charge in [0.2, 0.25) is 0 Å². The number of ether oxygens (including phenoxy) is 3. The van der Waals surface area contributed by atoms with Crippen molar-refractivity contribution in [2.45, 2.75) is 19.4 Å². The Morgan fingerprint density at radius 2 is 1.90 bits per heavy atom. The highest BCUT2D eigenvalue weighted by Crippen LogP contribution is 2.36. The Kier molecular flexibility index (Phi) is 7.90. The summed E-state index contributed by atoms with van der Waals surface area (Å²) in [7, 11) is 1.55. The molecule has 1 aromatic carbocycles. The van der Waals surface area contributed by atoms with Crippen LogP contribution in [0, 0.1) is 0 Å². The Balaban J connectivity index is 1.98. The molecule has 0 spiro atoms. The van der Waals surface area contributed by atoms with Crippen molar-refractivity contribution in [2.24, 2.45) is 0 Å². The summed E-state index contributed by atoms with van der Waals surface area (Å²) in [6.07, 6.45) is 3.15. The molecular formula is C22H19Cl2NO5S. The van der Waals surface area contributed by atoms with Crippen LogP contribution in [0.1, 0.15) is 43.5 Å². The highest BCUT2D eigenvalue weighted by atomic mass is 35.5.